The van der Waals surface area contributed by atoms with Crippen molar-refractivity contribution in [2.45, 2.75) is 6.42 Å². The van der Waals surface area contributed by atoms with Gasteiger partial charge in [0.05, 0.1) is 11.8 Å². The second-order valence-corrected chi connectivity index (χ2v) is 4.67. The van der Waals surface area contributed by atoms with E-state index in [9.17, 15) is 9.59 Å². The van der Waals surface area contributed by atoms with Crippen LogP contribution in [0.25, 0.3) is 0 Å². The fourth-order valence-electron chi connectivity index (χ4n) is 3.59. The van der Waals surface area contributed by atoms with Gasteiger partial charge in [0.15, 0.2) is 0 Å². The van der Waals surface area contributed by atoms with Crippen molar-refractivity contribution in [1.82, 2.24) is 10.8 Å². The van der Waals surface area contributed by atoms with Crippen molar-refractivity contribution >= 4 is 11.8 Å². The predicted molar refractivity (Wildman–Crippen MR) is 47.8 cm³/mol. The van der Waals surface area contributed by atoms with Crippen LogP contribution in [0.2, 0.25) is 0 Å². The fraction of sp³-hybridized carbons (Fsp3) is 0.600. The number of hydrogen-bond acceptors (Lipinski definition) is 4. The van der Waals surface area contributed by atoms with Crippen molar-refractivity contribution in [2.75, 3.05) is 6.54 Å². The molecule has 2 aliphatic carbocycles. The van der Waals surface area contributed by atoms with Gasteiger partial charge < -0.3 is 4.84 Å². The van der Waals surface area contributed by atoms with Gasteiger partial charge >= 0.3 is 0 Å². The van der Waals surface area contributed by atoms with Gasteiger partial charge in [0.25, 0.3) is 0 Å². The van der Waals surface area contributed by atoms with Gasteiger partial charge in [-0.05, 0) is 17.9 Å². The lowest BCUT2D eigenvalue weighted by molar-refractivity contribution is -0.126. The van der Waals surface area contributed by atoms with E-state index in [0.717, 1.165) is 24.3 Å². The van der Waals surface area contributed by atoms with Crippen LogP contribution in [0.15, 0.2) is 11.3 Å². The van der Waals surface area contributed by atoms with Crippen molar-refractivity contribution in [2.24, 2.45) is 23.7 Å². The Kier molecular flexibility index (Phi) is 1.18. The molecule has 2 aliphatic heterocycles. The van der Waals surface area contributed by atoms with Crippen LogP contribution in [-0.4, -0.2) is 18.4 Å². The van der Waals surface area contributed by atoms with Crippen molar-refractivity contribution < 1.29 is 14.4 Å². The summed E-state index contributed by atoms with van der Waals surface area (Å²) in [6.07, 6.45) is 0.871. The second-order valence-electron chi connectivity index (χ2n) is 4.67. The van der Waals surface area contributed by atoms with Gasteiger partial charge in [-0.15, -0.1) is 0 Å². The maximum Gasteiger partial charge on any atom is 0.234 e. The molecule has 2 N–H and O–H groups in total. The van der Waals surface area contributed by atoms with E-state index < -0.39 is 0 Å². The molecule has 0 radical (unpaired) electrons. The molecule has 2 bridgehead atoms. The van der Waals surface area contributed by atoms with Gasteiger partial charge in [0.2, 0.25) is 11.8 Å². The van der Waals surface area contributed by atoms with Gasteiger partial charge in [-0.1, -0.05) is 0 Å². The molecular weight excluding hydrogens is 196 g/mol. The van der Waals surface area contributed by atoms with Crippen LogP contribution >= 0.6 is 0 Å². The monoisotopic (exact) mass is 206 g/mol. The topological polar surface area (TPSA) is 67.4 Å². The van der Waals surface area contributed by atoms with Crippen molar-refractivity contribution in [3.63, 3.8) is 0 Å². The lowest BCUT2D eigenvalue weighted by Crippen LogP contribution is -2.30. The zero-order valence-corrected chi connectivity index (χ0v) is 7.95. The van der Waals surface area contributed by atoms with E-state index in [0.29, 0.717) is 5.92 Å². The molecule has 5 nitrogen and oxygen atoms in total. The first kappa shape index (κ1) is 7.87. The highest BCUT2D eigenvalue weighted by Crippen LogP contribution is 2.57. The lowest BCUT2D eigenvalue weighted by atomic mass is 9.78. The van der Waals surface area contributed by atoms with Crippen LogP contribution < -0.4 is 10.8 Å². The average Bonchev–Trinajstić information content (AvgIpc) is 2.88. The highest BCUT2D eigenvalue weighted by Gasteiger charge is 2.62. The largest absolute Gasteiger partial charge is 0.413 e. The SMILES string of the molecule is O=C1NC(=O)C2C1C1=C3ONCC3C2C1. The smallest absolute Gasteiger partial charge is 0.234 e. The summed E-state index contributed by atoms with van der Waals surface area (Å²) in [4.78, 5) is 28.6. The molecule has 0 aromatic carbocycles. The Balaban J connectivity index is 1.89. The number of hydrogen-bond donors (Lipinski definition) is 2. The highest BCUT2D eigenvalue weighted by atomic mass is 16.7. The molecule has 4 unspecified atom stereocenters. The summed E-state index contributed by atoms with van der Waals surface area (Å²) < 4.78 is 0. The minimum atomic E-state index is -0.228. The van der Waals surface area contributed by atoms with Crippen LogP contribution in [0, 0.1) is 23.7 Å². The Bertz CT molecular complexity index is 428. The molecule has 3 fully saturated rings. The van der Waals surface area contributed by atoms with Crippen LogP contribution in [-0.2, 0) is 14.4 Å². The summed E-state index contributed by atoms with van der Waals surface area (Å²) in [6, 6.07) is 0. The van der Waals surface area contributed by atoms with E-state index in [1.165, 1.54) is 0 Å². The van der Waals surface area contributed by atoms with Crippen LogP contribution in [0.4, 0.5) is 0 Å². The Morgan fingerprint density at radius 1 is 1.27 bits per heavy atom. The van der Waals surface area contributed by atoms with Crippen LogP contribution in [0.1, 0.15) is 6.42 Å². The first-order chi connectivity index (χ1) is 7.27. The molecule has 4 aliphatic rings. The Hall–Kier alpha value is -1.36. The molecule has 4 atom stereocenters. The predicted octanol–water partition coefficient (Wildman–Crippen LogP) is -0.686. The summed E-state index contributed by atoms with van der Waals surface area (Å²) >= 11 is 0. The molecule has 4 rings (SSSR count). The Morgan fingerprint density at radius 3 is 3.00 bits per heavy atom. The normalized spacial score (nSPS) is 45.6. The standard InChI is InChI=1S/C10H10N2O3/c13-9-6-3-1-4(7(6)10(14)12-9)8-5(3)2-11-15-8/h3,5-7,11H,1-2H2,(H,12,13,14). The third-order valence-electron chi connectivity index (χ3n) is 4.14. The summed E-state index contributed by atoms with van der Waals surface area (Å²) in [6.45, 7) is 0.772. The number of rotatable bonds is 0. The summed E-state index contributed by atoms with van der Waals surface area (Å²) in [7, 11) is 0. The van der Waals surface area contributed by atoms with E-state index in [4.69, 9.17) is 4.84 Å². The number of nitrogens with one attached hydrogen (secondary N) is 2. The molecular formula is C10H10N2O3. The second kappa shape index (κ2) is 2.24. The Morgan fingerprint density at radius 2 is 2.13 bits per heavy atom. The van der Waals surface area contributed by atoms with Gasteiger partial charge in [-0.2, -0.15) is 5.48 Å². The lowest BCUT2D eigenvalue weighted by Gasteiger charge is -2.21. The van der Waals surface area contributed by atoms with E-state index >= 15 is 0 Å². The Labute approximate surface area is 85.8 Å². The number of amides is 2. The van der Waals surface area contributed by atoms with Crippen LogP contribution in [0.5, 0.6) is 0 Å². The summed E-state index contributed by atoms with van der Waals surface area (Å²) in [5.41, 5.74) is 3.90. The zero-order chi connectivity index (χ0) is 10.2. The molecule has 15 heavy (non-hydrogen) atoms. The zero-order valence-electron chi connectivity index (χ0n) is 7.95. The summed E-state index contributed by atoms with van der Waals surface area (Å²) in [5.74, 6) is 0.962. The van der Waals surface area contributed by atoms with Crippen molar-refractivity contribution in [3.05, 3.63) is 11.3 Å². The van der Waals surface area contributed by atoms with Gasteiger partial charge in [-0.3, -0.25) is 14.9 Å². The molecule has 78 valence electrons. The molecule has 1 saturated carbocycles. The third kappa shape index (κ3) is 0.718. The number of carbonyl (C=O) groups excluding carboxylic acids is 2. The first-order valence-electron chi connectivity index (χ1n) is 5.24. The molecule has 0 aromatic rings. The number of carbonyl (C=O) groups is 2. The van der Waals surface area contributed by atoms with E-state index in [1.807, 2.05) is 0 Å². The maximum atomic E-state index is 11.6. The number of imide groups is 1. The minimum Gasteiger partial charge on any atom is -0.413 e. The van der Waals surface area contributed by atoms with Crippen LogP contribution in [0.3, 0.4) is 0 Å². The molecule has 2 heterocycles. The molecule has 2 saturated heterocycles. The van der Waals surface area contributed by atoms with Gasteiger partial charge in [-0.25, -0.2) is 0 Å². The first-order valence-corrected chi connectivity index (χ1v) is 5.24. The minimum absolute atomic E-state index is 0.0871. The average molecular weight is 206 g/mol. The quantitative estimate of drug-likeness (QED) is 0.515. The van der Waals surface area contributed by atoms with Crippen molar-refractivity contribution in [3.8, 4) is 0 Å². The molecule has 2 amide bonds. The molecule has 0 aromatic heterocycles. The van der Waals surface area contributed by atoms with E-state index in [2.05, 4.69) is 10.8 Å². The van der Waals surface area contributed by atoms with E-state index in [1.54, 1.807) is 0 Å². The maximum absolute atomic E-state index is 11.6. The highest BCUT2D eigenvalue weighted by molar-refractivity contribution is 6.07. The van der Waals surface area contributed by atoms with Gasteiger partial charge in [0.1, 0.15) is 5.76 Å². The molecule has 0 spiro atoms. The number of fused-ring (bicyclic) bond motifs is 7. The molecule has 5 heteroatoms. The number of hydroxylamine groups is 1. The fourth-order valence-corrected chi connectivity index (χ4v) is 3.59. The summed E-state index contributed by atoms with van der Waals surface area (Å²) in [5, 5.41) is 2.42. The van der Waals surface area contributed by atoms with Gasteiger partial charge in [0, 0.05) is 12.5 Å². The van der Waals surface area contributed by atoms with Crippen molar-refractivity contribution in [1.29, 1.82) is 0 Å². The third-order valence-corrected chi connectivity index (χ3v) is 4.14. The van der Waals surface area contributed by atoms with E-state index in [-0.39, 0.29) is 29.6 Å².